The number of anilines is 1. The molecule has 4 heterocycles. The van der Waals surface area contributed by atoms with E-state index in [4.69, 9.17) is 4.74 Å². The topological polar surface area (TPSA) is 90.4 Å². The zero-order valence-electron chi connectivity index (χ0n) is 21.6. The van der Waals surface area contributed by atoms with Crippen LogP contribution in [-0.4, -0.2) is 82.7 Å². The van der Waals surface area contributed by atoms with Gasteiger partial charge in [0.15, 0.2) is 0 Å². The Morgan fingerprint density at radius 3 is 2.47 bits per heavy atom. The quantitative estimate of drug-likeness (QED) is 0.648. The minimum Gasteiger partial charge on any atom is -0.394 e. The van der Waals surface area contributed by atoms with Crippen molar-refractivity contribution in [3.8, 4) is 0 Å². The van der Waals surface area contributed by atoms with Crippen molar-refractivity contribution >= 4 is 23.4 Å². The first-order valence-electron chi connectivity index (χ1n) is 12.7. The molecule has 6 atom stereocenters. The lowest BCUT2D eigenvalue weighted by molar-refractivity contribution is -0.150. The number of carbonyl (C=O) groups is 3. The number of hydrogen-bond donors (Lipinski definition) is 1. The van der Waals surface area contributed by atoms with Gasteiger partial charge in [-0.3, -0.25) is 14.4 Å². The van der Waals surface area contributed by atoms with E-state index in [0.717, 1.165) is 16.8 Å². The highest BCUT2D eigenvalue weighted by Crippen LogP contribution is 2.58. The molecule has 192 valence electrons. The number of carbonyl (C=O) groups excluding carboxylic acids is 3. The van der Waals surface area contributed by atoms with Gasteiger partial charge in [0.2, 0.25) is 11.8 Å². The summed E-state index contributed by atoms with van der Waals surface area (Å²) in [4.78, 5) is 47.1. The molecule has 1 aromatic carbocycles. The van der Waals surface area contributed by atoms with Crippen molar-refractivity contribution in [2.75, 3.05) is 31.6 Å². The van der Waals surface area contributed by atoms with E-state index < -0.39 is 35.1 Å². The Morgan fingerprint density at radius 2 is 1.78 bits per heavy atom. The number of benzene rings is 1. The third-order valence-corrected chi connectivity index (χ3v) is 8.43. The van der Waals surface area contributed by atoms with Gasteiger partial charge in [0.1, 0.15) is 11.6 Å². The highest BCUT2D eigenvalue weighted by Gasteiger charge is 2.75. The van der Waals surface area contributed by atoms with Crippen molar-refractivity contribution in [2.24, 2.45) is 11.8 Å². The van der Waals surface area contributed by atoms with Crippen LogP contribution in [0.2, 0.25) is 0 Å². The molecule has 5 rings (SSSR count). The number of fused-ring (bicyclic) bond motifs is 2. The molecule has 1 spiro atoms. The monoisotopic (exact) mass is 493 g/mol. The lowest BCUT2D eigenvalue weighted by Crippen LogP contribution is -2.58. The van der Waals surface area contributed by atoms with Crippen LogP contribution in [0.3, 0.4) is 0 Å². The number of aliphatic hydroxyl groups is 1. The van der Waals surface area contributed by atoms with E-state index in [-0.39, 0.29) is 24.3 Å². The minimum absolute atomic E-state index is 0.174. The van der Waals surface area contributed by atoms with Crippen LogP contribution >= 0.6 is 0 Å². The first-order valence-corrected chi connectivity index (χ1v) is 12.7. The summed E-state index contributed by atoms with van der Waals surface area (Å²) in [7, 11) is 1.72. The summed E-state index contributed by atoms with van der Waals surface area (Å²) in [5.41, 5.74) is 0.400. The summed E-state index contributed by atoms with van der Waals surface area (Å²) < 4.78 is 6.78. The van der Waals surface area contributed by atoms with E-state index in [2.05, 4.69) is 0 Å². The number of aliphatic hydroxyl groups excluding tert-OH is 1. The molecule has 0 bridgehead atoms. The van der Waals surface area contributed by atoms with Gasteiger partial charge >= 0.3 is 0 Å². The second-order valence-electron chi connectivity index (χ2n) is 10.7. The molecular weight excluding hydrogens is 458 g/mol. The Morgan fingerprint density at radius 1 is 1.06 bits per heavy atom. The second-order valence-corrected chi connectivity index (χ2v) is 10.7. The van der Waals surface area contributed by atoms with Crippen LogP contribution in [0, 0.1) is 25.7 Å². The summed E-state index contributed by atoms with van der Waals surface area (Å²) in [5.74, 6) is -2.40. The lowest BCUT2D eigenvalue weighted by atomic mass is 9.74. The number of likely N-dealkylation sites (tertiary alicyclic amines) is 1. The standard InChI is InChI=1S/C28H35N3O5/c1-6-19(16-32)31-23-26(35)30(20-15-17(2)9-10-18(20)3)14-8-12-28(23)22(25(31)34)21-24(33)29(5)13-7-11-27(21,4)36-28/h7-12,15,19,21-23,32H,6,13-14,16H2,1-5H3/t19-,21-,22-,23?,27+,28-/m0/s1. The molecule has 1 aromatic rings. The predicted octanol–water partition coefficient (Wildman–Crippen LogP) is 1.98. The maximum absolute atomic E-state index is 14.5. The number of nitrogens with zero attached hydrogens (tertiary/aromatic N) is 3. The fourth-order valence-electron chi connectivity index (χ4n) is 6.62. The molecule has 1 unspecified atom stereocenters. The van der Waals surface area contributed by atoms with Crippen molar-refractivity contribution in [1.82, 2.24) is 9.80 Å². The molecule has 3 amide bonds. The Kier molecular flexibility index (Phi) is 5.87. The average molecular weight is 494 g/mol. The molecule has 0 saturated carbocycles. The van der Waals surface area contributed by atoms with E-state index >= 15 is 0 Å². The third kappa shape index (κ3) is 3.30. The average Bonchev–Trinajstić information content (AvgIpc) is 3.12. The molecule has 0 aliphatic carbocycles. The fraction of sp³-hybridized carbons (Fsp3) is 0.536. The maximum Gasteiger partial charge on any atom is 0.253 e. The first kappa shape index (κ1) is 24.7. The van der Waals surface area contributed by atoms with Gasteiger partial charge in [0, 0.05) is 25.8 Å². The molecule has 0 radical (unpaired) electrons. The van der Waals surface area contributed by atoms with Gasteiger partial charge in [-0.05, 0) is 44.4 Å². The van der Waals surface area contributed by atoms with Crippen LogP contribution in [0.5, 0.6) is 0 Å². The molecule has 4 aliphatic heterocycles. The van der Waals surface area contributed by atoms with Crippen LogP contribution in [0.25, 0.3) is 0 Å². The molecule has 2 saturated heterocycles. The molecule has 1 N–H and O–H groups in total. The van der Waals surface area contributed by atoms with Crippen molar-refractivity contribution in [3.05, 3.63) is 53.6 Å². The molecule has 8 heteroatoms. The van der Waals surface area contributed by atoms with Crippen LogP contribution < -0.4 is 4.90 Å². The highest BCUT2D eigenvalue weighted by molar-refractivity contribution is 6.06. The summed E-state index contributed by atoms with van der Waals surface area (Å²) in [6.45, 7) is 8.12. The van der Waals surface area contributed by atoms with Crippen molar-refractivity contribution in [2.45, 2.75) is 57.4 Å². The number of hydrogen-bond acceptors (Lipinski definition) is 5. The third-order valence-electron chi connectivity index (χ3n) is 8.43. The number of aryl methyl sites for hydroxylation is 2. The van der Waals surface area contributed by atoms with E-state index in [1.165, 1.54) is 4.90 Å². The number of likely N-dealkylation sites (N-methyl/N-ethyl adjacent to an activating group) is 1. The summed E-state index contributed by atoms with van der Waals surface area (Å²) in [6.07, 6.45) is 7.96. The SMILES string of the molecule is CC[C@@H](CO)N1C(=O)[C@@H]2[C@H]3C(=O)N(C)CC=C[C@@]3(C)O[C@@]23C=CCN(c2cc(C)ccc2C)C(=O)C13. The fourth-order valence-corrected chi connectivity index (χ4v) is 6.62. The van der Waals surface area contributed by atoms with Gasteiger partial charge in [-0.25, -0.2) is 0 Å². The number of ether oxygens (including phenoxy) is 1. The molecule has 2 fully saturated rings. The molecule has 36 heavy (non-hydrogen) atoms. The van der Waals surface area contributed by atoms with Gasteiger partial charge in [0.05, 0.1) is 30.1 Å². The summed E-state index contributed by atoms with van der Waals surface area (Å²) >= 11 is 0. The van der Waals surface area contributed by atoms with Gasteiger partial charge in [-0.1, -0.05) is 43.4 Å². The van der Waals surface area contributed by atoms with Gasteiger partial charge in [-0.2, -0.15) is 0 Å². The number of rotatable bonds is 4. The largest absolute Gasteiger partial charge is 0.394 e. The second kappa shape index (κ2) is 8.56. The van der Waals surface area contributed by atoms with Gasteiger partial charge in [-0.15, -0.1) is 0 Å². The van der Waals surface area contributed by atoms with E-state index in [1.807, 2.05) is 70.2 Å². The Bertz CT molecular complexity index is 1170. The first-order chi connectivity index (χ1) is 17.1. The van der Waals surface area contributed by atoms with Crippen molar-refractivity contribution in [1.29, 1.82) is 0 Å². The van der Waals surface area contributed by atoms with Crippen molar-refractivity contribution < 1.29 is 24.2 Å². The van der Waals surface area contributed by atoms with Crippen LogP contribution in [-0.2, 0) is 19.1 Å². The molecule has 0 aromatic heterocycles. The number of amides is 3. The molecular formula is C28H35N3O5. The smallest absolute Gasteiger partial charge is 0.253 e. The molecule has 4 aliphatic rings. The van der Waals surface area contributed by atoms with Crippen LogP contribution in [0.15, 0.2) is 42.5 Å². The Hall–Kier alpha value is -2.97. The zero-order chi connectivity index (χ0) is 26.0. The van der Waals surface area contributed by atoms with Gasteiger partial charge in [0.25, 0.3) is 5.91 Å². The maximum atomic E-state index is 14.5. The molecule has 8 nitrogen and oxygen atoms in total. The predicted molar refractivity (Wildman–Crippen MR) is 135 cm³/mol. The minimum atomic E-state index is -1.32. The van der Waals surface area contributed by atoms with Gasteiger partial charge < -0.3 is 24.5 Å². The van der Waals surface area contributed by atoms with E-state index in [1.54, 1.807) is 16.8 Å². The van der Waals surface area contributed by atoms with Crippen LogP contribution in [0.1, 0.15) is 31.4 Å². The Labute approximate surface area is 212 Å². The van der Waals surface area contributed by atoms with E-state index in [9.17, 15) is 19.5 Å². The lowest BCUT2D eigenvalue weighted by Gasteiger charge is -2.40. The van der Waals surface area contributed by atoms with Crippen molar-refractivity contribution in [3.63, 3.8) is 0 Å². The van der Waals surface area contributed by atoms with E-state index in [0.29, 0.717) is 19.5 Å². The Balaban J connectivity index is 1.70. The zero-order valence-corrected chi connectivity index (χ0v) is 21.6. The summed E-state index contributed by atoms with van der Waals surface area (Å²) in [5, 5.41) is 10.2. The highest BCUT2D eigenvalue weighted by atomic mass is 16.5. The summed E-state index contributed by atoms with van der Waals surface area (Å²) in [6, 6.07) is 4.39. The van der Waals surface area contributed by atoms with Crippen LogP contribution in [0.4, 0.5) is 5.69 Å². The normalized spacial score (nSPS) is 34.4.